The molecule has 1 aliphatic rings. The molecule has 0 unspecified atom stereocenters. The SMILES string of the molecule is CCOC(=O)c1ccc(NC(=O)CNc2ccc(N3CCCCC3)cc2)cc1. The molecule has 0 radical (unpaired) electrons. The lowest BCUT2D eigenvalue weighted by Gasteiger charge is -2.28. The van der Waals surface area contributed by atoms with Gasteiger partial charge < -0.3 is 20.3 Å². The Balaban J connectivity index is 1.46. The molecule has 1 fully saturated rings. The Labute approximate surface area is 165 Å². The van der Waals surface area contributed by atoms with Crippen molar-refractivity contribution in [2.24, 2.45) is 0 Å². The number of nitrogens with zero attached hydrogens (tertiary/aromatic N) is 1. The zero-order valence-electron chi connectivity index (χ0n) is 16.2. The van der Waals surface area contributed by atoms with Crippen molar-refractivity contribution >= 4 is 28.9 Å². The van der Waals surface area contributed by atoms with Crippen LogP contribution in [0.2, 0.25) is 0 Å². The van der Waals surface area contributed by atoms with E-state index in [1.54, 1.807) is 31.2 Å². The van der Waals surface area contributed by atoms with Crippen molar-refractivity contribution in [3.05, 3.63) is 54.1 Å². The number of nitrogens with one attached hydrogen (secondary N) is 2. The van der Waals surface area contributed by atoms with Crippen LogP contribution >= 0.6 is 0 Å². The van der Waals surface area contributed by atoms with Crippen LogP contribution in [0.5, 0.6) is 0 Å². The topological polar surface area (TPSA) is 70.7 Å². The van der Waals surface area contributed by atoms with Gasteiger partial charge in [0.1, 0.15) is 0 Å². The van der Waals surface area contributed by atoms with Gasteiger partial charge in [-0.15, -0.1) is 0 Å². The van der Waals surface area contributed by atoms with E-state index in [2.05, 4.69) is 27.7 Å². The van der Waals surface area contributed by atoms with Gasteiger partial charge in [-0.2, -0.15) is 0 Å². The highest BCUT2D eigenvalue weighted by molar-refractivity contribution is 5.95. The van der Waals surface area contributed by atoms with Crippen LogP contribution in [0.15, 0.2) is 48.5 Å². The van der Waals surface area contributed by atoms with Crippen molar-refractivity contribution in [2.75, 3.05) is 41.8 Å². The molecule has 0 bridgehead atoms. The number of hydrogen-bond acceptors (Lipinski definition) is 5. The smallest absolute Gasteiger partial charge is 0.338 e. The Hall–Kier alpha value is -3.02. The molecule has 0 spiro atoms. The first-order chi connectivity index (χ1) is 13.7. The van der Waals surface area contributed by atoms with Gasteiger partial charge in [0.05, 0.1) is 18.7 Å². The van der Waals surface area contributed by atoms with Gasteiger partial charge in [0.2, 0.25) is 5.91 Å². The highest BCUT2D eigenvalue weighted by Crippen LogP contribution is 2.21. The first-order valence-electron chi connectivity index (χ1n) is 9.81. The van der Waals surface area contributed by atoms with Crippen molar-refractivity contribution in [3.63, 3.8) is 0 Å². The molecule has 6 nitrogen and oxygen atoms in total. The fourth-order valence-corrected chi connectivity index (χ4v) is 3.23. The molecule has 0 aliphatic carbocycles. The molecule has 2 N–H and O–H groups in total. The number of anilines is 3. The Morgan fingerprint density at radius 1 is 0.929 bits per heavy atom. The molecule has 1 amide bonds. The summed E-state index contributed by atoms with van der Waals surface area (Å²) in [6, 6.07) is 14.9. The third kappa shape index (κ3) is 5.49. The number of piperidine rings is 1. The van der Waals surface area contributed by atoms with Crippen LogP contribution in [0.1, 0.15) is 36.5 Å². The second-order valence-electron chi connectivity index (χ2n) is 6.79. The van der Waals surface area contributed by atoms with E-state index < -0.39 is 0 Å². The third-order valence-corrected chi connectivity index (χ3v) is 4.72. The maximum absolute atomic E-state index is 12.1. The van der Waals surface area contributed by atoms with E-state index in [1.807, 2.05) is 12.1 Å². The number of carbonyl (C=O) groups excluding carboxylic acids is 2. The first-order valence-corrected chi connectivity index (χ1v) is 9.81. The molecule has 28 heavy (non-hydrogen) atoms. The number of benzene rings is 2. The minimum atomic E-state index is -0.366. The van der Waals surface area contributed by atoms with E-state index in [9.17, 15) is 9.59 Å². The number of amides is 1. The first kappa shape index (κ1) is 19.7. The number of carbonyl (C=O) groups is 2. The second-order valence-corrected chi connectivity index (χ2v) is 6.79. The molecular weight excluding hydrogens is 354 g/mol. The lowest BCUT2D eigenvalue weighted by Crippen LogP contribution is -2.29. The van der Waals surface area contributed by atoms with Crippen LogP contribution in [0.25, 0.3) is 0 Å². The Bertz CT molecular complexity index is 782. The lowest BCUT2D eigenvalue weighted by molar-refractivity contribution is -0.114. The van der Waals surface area contributed by atoms with Crippen molar-refractivity contribution in [3.8, 4) is 0 Å². The van der Waals surface area contributed by atoms with Gasteiger partial charge >= 0.3 is 5.97 Å². The number of rotatable bonds is 7. The normalized spacial score (nSPS) is 13.7. The molecule has 1 saturated heterocycles. The quantitative estimate of drug-likeness (QED) is 0.712. The van der Waals surface area contributed by atoms with Crippen LogP contribution in [-0.2, 0) is 9.53 Å². The van der Waals surface area contributed by atoms with Gasteiger partial charge in [-0.25, -0.2) is 4.79 Å². The van der Waals surface area contributed by atoms with E-state index in [0.29, 0.717) is 17.9 Å². The summed E-state index contributed by atoms with van der Waals surface area (Å²) in [5.74, 6) is -0.515. The third-order valence-electron chi connectivity index (χ3n) is 4.72. The molecule has 0 aromatic heterocycles. The summed E-state index contributed by atoms with van der Waals surface area (Å²) in [6.07, 6.45) is 3.82. The fourth-order valence-electron chi connectivity index (χ4n) is 3.23. The zero-order chi connectivity index (χ0) is 19.8. The molecule has 1 heterocycles. The zero-order valence-corrected chi connectivity index (χ0v) is 16.2. The lowest BCUT2D eigenvalue weighted by atomic mass is 10.1. The summed E-state index contributed by atoms with van der Waals surface area (Å²) in [5, 5.41) is 5.95. The summed E-state index contributed by atoms with van der Waals surface area (Å²) >= 11 is 0. The van der Waals surface area contributed by atoms with Crippen LogP contribution in [0.3, 0.4) is 0 Å². The molecule has 2 aromatic carbocycles. The Morgan fingerprint density at radius 2 is 1.57 bits per heavy atom. The molecule has 6 heteroatoms. The van der Waals surface area contributed by atoms with Crippen LogP contribution in [0.4, 0.5) is 17.1 Å². The molecular formula is C22H27N3O3. The minimum Gasteiger partial charge on any atom is -0.462 e. The van der Waals surface area contributed by atoms with E-state index in [0.717, 1.165) is 18.8 Å². The highest BCUT2D eigenvalue weighted by atomic mass is 16.5. The summed E-state index contributed by atoms with van der Waals surface area (Å²) in [5.41, 5.74) is 3.25. The number of esters is 1. The average molecular weight is 381 g/mol. The molecule has 0 atom stereocenters. The predicted octanol–water partition coefficient (Wildman–Crippen LogP) is 3.90. The van der Waals surface area contributed by atoms with Crippen LogP contribution in [-0.4, -0.2) is 38.1 Å². The molecule has 3 rings (SSSR count). The molecule has 2 aromatic rings. The predicted molar refractivity (Wildman–Crippen MR) is 112 cm³/mol. The van der Waals surface area contributed by atoms with Gasteiger partial charge in [-0.05, 0) is 74.7 Å². The van der Waals surface area contributed by atoms with Gasteiger partial charge in [0.25, 0.3) is 0 Å². The maximum Gasteiger partial charge on any atom is 0.338 e. The monoisotopic (exact) mass is 381 g/mol. The minimum absolute atomic E-state index is 0.149. The summed E-state index contributed by atoms with van der Waals surface area (Å²) < 4.78 is 4.94. The van der Waals surface area contributed by atoms with Crippen molar-refractivity contribution in [2.45, 2.75) is 26.2 Å². The average Bonchev–Trinajstić information content (AvgIpc) is 2.74. The van der Waals surface area contributed by atoms with Crippen molar-refractivity contribution < 1.29 is 14.3 Å². The second kappa shape index (κ2) is 9.78. The van der Waals surface area contributed by atoms with E-state index >= 15 is 0 Å². The largest absolute Gasteiger partial charge is 0.462 e. The van der Waals surface area contributed by atoms with Crippen LogP contribution < -0.4 is 15.5 Å². The molecule has 0 saturated carbocycles. The standard InChI is InChI=1S/C22H27N3O3/c1-2-28-22(27)17-6-8-19(9-7-17)24-21(26)16-23-18-10-12-20(13-11-18)25-14-4-3-5-15-25/h6-13,23H,2-5,14-16H2,1H3,(H,24,26). The van der Waals surface area contributed by atoms with Crippen LogP contribution in [0, 0.1) is 0 Å². The highest BCUT2D eigenvalue weighted by Gasteiger charge is 2.11. The van der Waals surface area contributed by atoms with Crippen molar-refractivity contribution in [1.29, 1.82) is 0 Å². The van der Waals surface area contributed by atoms with Gasteiger partial charge in [0, 0.05) is 30.2 Å². The van der Waals surface area contributed by atoms with Gasteiger partial charge in [-0.1, -0.05) is 0 Å². The number of hydrogen-bond donors (Lipinski definition) is 2. The van der Waals surface area contributed by atoms with Crippen molar-refractivity contribution in [1.82, 2.24) is 0 Å². The fraction of sp³-hybridized carbons (Fsp3) is 0.364. The maximum atomic E-state index is 12.1. The van der Waals surface area contributed by atoms with E-state index in [4.69, 9.17) is 4.74 Å². The summed E-state index contributed by atoms with van der Waals surface area (Å²) in [6.45, 7) is 4.50. The van der Waals surface area contributed by atoms with Gasteiger partial charge in [0.15, 0.2) is 0 Å². The van der Waals surface area contributed by atoms with E-state index in [-0.39, 0.29) is 18.4 Å². The number of ether oxygens (including phenoxy) is 1. The Kier molecular flexibility index (Phi) is 6.89. The Morgan fingerprint density at radius 3 is 2.21 bits per heavy atom. The van der Waals surface area contributed by atoms with Gasteiger partial charge in [-0.3, -0.25) is 4.79 Å². The van der Waals surface area contributed by atoms with E-state index in [1.165, 1.54) is 24.9 Å². The molecule has 148 valence electrons. The molecule has 1 aliphatic heterocycles. The summed E-state index contributed by atoms with van der Waals surface area (Å²) in [4.78, 5) is 26.2. The summed E-state index contributed by atoms with van der Waals surface area (Å²) in [7, 11) is 0.